The van der Waals surface area contributed by atoms with Crippen LogP contribution in [0, 0.1) is 23.7 Å². The summed E-state index contributed by atoms with van der Waals surface area (Å²) in [6, 6.07) is 23.5. The van der Waals surface area contributed by atoms with Crippen molar-refractivity contribution in [2.75, 3.05) is 18.0 Å². The van der Waals surface area contributed by atoms with Crippen LogP contribution >= 0.6 is 7.60 Å². The van der Waals surface area contributed by atoms with Crippen molar-refractivity contribution >= 4 is 77.1 Å². The molecule has 4 heterocycles. The van der Waals surface area contributed by atoms with Crippen LogP contribution in [0.5, 0.6) is 0 Å². The number of primary amides is 1. The molecule has 0 aromatic heterocycles. The lowest BCUT2D eigenvalue weighted by atomic mass is 9.87. The molecule has 0 saturated carbocycles. The number of benzene rings is 5. The van der Waals surface area contributed by atoms with Crippen molar-refractivity contribution in [2.45, 2.75) is 127 Å². The van der Waals surface area contributed by atoms with Crippen LogP contribution in [-0.4, -0.2) is 110 Å². The molecule has 4 aliphatic heterocycles. The lowest BCUT2D eigenvalue weighted by molar-refractivity contribution is -0.137. The lowest BCUT2D eigenvalue weighted by Gasteiger charge is -2.34. The van der Waals surface area contributed by atoms with E-state index in [0.29, 0.717) is 65.7 Å². The predicted molar refractivity (Wildman–Crippen MR) is 309 cm³/mol. The number of carbonyl (C=O) groups excluding carboxylic acids is 9. The van der Waals surface area contributed by atoms with E-state index in [4.69, 9.17) is 5.73 Å². The largest absolute Gasteiger partial charge is 0.399 e. The number of rotatable bonds is 20. The molecule has 7 N–H and O–H groups in total. The predicted octanol–water partition coefficient (Wildman–Crippen LogP) is 6.49. The number of nitrogens with one attached hydrogen (secondary N) is 3. The highest BCUT2D eigenvalue weighted by Crippen LogP contribution is 2.59. The molecular weight excluding hydrogens is 1120 g/mol. The molecule has 5 aromatic carbocycles. The monoisotopic (exact) mass is 1180 g/mol. The van der Waals surface area contributed by atoms with Crippen LogP contribution < -0.4 is 26.6 Å². The van der Waals surface area contributed by atoms with E-state index in [0.717, 1.165) is 24.1 Å². The first-order chi connectivity index (χ1) is 40.5. The molecule has 0 radical (unpaired) electrons. The fraction of sp³-hybridized carbons (Fsp3) is 0.381. The Kier molecular flexibility index (Phi) is 18.6. The Labute approximate surface area is 489 Å². The number of nitrogens with two attached hydrogens (primary N) is 1. The van der Waals surface area contributed by atoms with E-state index in [2.05, 4.69) is 27.8 Å². The van der Waals surface area contributed by atoms with Crippen molar-refractivity contribution in [1.29, 1.82) is 0 Å². The number of halogens is 2. The van der Waals surface area contributed by atoms with E-state index in [1.54, 1.807) is 71.6 Å². The number of fused-ring (bicyclic) bond motifs is 3. The highest BCUT2D eigenvalue weighted by molar-refractivity contribution is 7.52. The van der Waals surface area contributed by atoms with Crippen LogP contribution in [0.2, 0.25) is 0 Å². The number of amides is 8. The van der Waals surface area contributed by atoms with Crippen molar-refractivity contribution in [2.24, 2.45) is 17.6 Å². The first kappa shape index (κ1) is 61.1. The molecule has 444 valence electrons. The molecule has 2 saturated heterocycles. The molecule has 0 bridgehead atoms. The van der Waals surface area contributed by atoms with Gasteiger partial charge < -0.3 is 36.0 Å². The summed E-state index contributed by atoms with van der Waals surface area (Å²) in [6.45, 7) is 4.69. The maximum Gasteiger partial charge on any atom is 0.399 e. The quantitative estimate of drug-likeness (QED) is 0.0277. The number of Topliss-reactive ketones (excluding diaryl/α,β-unsaturated/α-hetero) is 1. The first-order valence-corrected chi connectivity index (χ1v) is 30.0. The Balaban J connectivity index is 0.864. The van der Waals surface area contributed by atoms with Gasteiger partial charge in [-0.1, -0.05) is 98.5 Å². The minimum Gasteiger partial charge on any atom is -0.370 e. The Morgan fingerprint density at radius 3 is 2.26 bits per heavy atom. The summed E-state index contributed by atoms with van der Waals surface area (Å²) < 4.78 is 41.1. The molecular formula is C63H66F2N7O12P. The fourth-order valence-electron chi connectivity index (χ4n) is 11.8. The molecule has 8 amide bonds. The van der Waals surface area contributed by atoms with E-state index in [1.165, 1.54) is 34.1 Å². The summed E-state index contributed by atoms with van der Waals surface area (Å²) in [5.41, 5.74) is 3.57. The number of carbonyl (C=O) groups is 9. The topological polar surface area (TPSA) is 283 Å². The van der Waals surface area contributed by atoms with E-state index in [9.17, 15) is 66.3 Å². The van der Waals surface area contributed by atoms with Gasteiger partial charge in [-0.15, -0.1) is 0 Å². The van der Waals surface area contributed by atoms with Gasteiger partial charge in [-0.3, -0.25) is 57.9 Å². The summed E-state index contributed by atoms with van der Waals surface area (Å²) in [4.78, 5) is 146. The zero-order valence-corrected chi connectivity index (χ0v) is 47.8. The summed E-state index contributed by atoms with van der Waals surface area (Å²) in [5, 5.41) is 8.36. The standard InChI is InChI=1S/C63H66F2N7O12P/c1-37(2)31-50(68-57(76)43-20-19-39-21-22-45(33-44(39)32-43)63(64,65)85(82,83)84)62(81)72-51-18-9-8-15-42(51)34-53(72)59(78)67-49(23-25-55(66)74)54(73)35-47(40-12-4-3-5-13-40)60(79)70-29-27-38(28-30-70)11-6-7-14-41-16-10-17-46-48(41)36-71(61(46)80)52-24-26-56(75)69-58(52)77/h3-5,8-10,12-13,15-22,32-33,37-38,47,49-50,52-53H,6,11,23-31,34-36H2,1-2H3,(H2,66,74)(H,67,78)(H,68,76)(H,69,75,77)(H2,82,83,84)/t47-,49-,50-,52?,53-/m0/s1. The Bertz CT molecular complexity index is 3590. The number of piperidine rings is 2. The van der Waals surface area contributed by atoms with E-state index < -0.39 is 84.2 Å². The number of alkyl halides is 2. The van der Waals surface area contributed by atoms with E-state index >= 15 is 0 Å². The van der Waals surface area contributed by atoms with Crippen LogP contribution in [0.25, 0.3) is 10.8 Å². The van der Waals surface area contributed by atoms with Crippen molar-refractivity contribution in [3.8, 4) is 11.8 Å². The Hall–Kier alpha value is -8.44. The Morgan fingerprint density at radius 2 is 1.55 bits per heavy atom. The molecule has 0 spiro atoms. The normalized spacial score (nSPS) is 18.2. The van der Waals surface area contributed by atoms with Crippen molar-refractivity contribution in [3.05, 3.63) is 148 Å². The molecule has 9 rings (SSSR count). The smallest absolute Gasteiger partial charge is 0.370 e. The third-order valence-corrected chi connectivity index (χ3v) is 17.3. The summed E-state index contributed by atoms with van der Waals surface area (Å²) in [6.07, 6.45) is 2.31. The second kappa shape index (κ2) is 25.8. The van der Waals surface area contributed by atoms with Crippen LogP contribution in [0.3, 0.4) is 0 Å². The average Bonchev–Trinajstić information content (AvgIpc) is 2.16. The zero-order chi connectivity index (χ0) is 60.9. The number of para-hydroxylation sites is 1. The molecule has 5 atom stereocenters. The van der Waals surface area contributed by atoms with Crippen LogP contribution in [0.1, 0.15) is 133 Å². The van der Waals surface area contributed by atoms with Gasteiger partial charge in [-0.2, -0.15) is 8.78 Å². The Morgan fingerprint density at radius 1 is 0.835 bits per heavy atom. The van der Waals surface area contributed by atoms with Crippen LogP contribution in [0.15, 0.2) is 109 Å². The minimum atomic E-state index is -5.90. The van der Waals surface area contributed by atoms with Gasteiger partial charge in [0.2, 0.25) is 35.4 Å². The maximum atomic E-state index is 15.0. The second-order valence-electron chi connectivity index (χ2n) is 22.6. The van der Waals surface area contributed by atoms with Crippen LogP contribution in [-0.2, 0) is 56.8 Å². The number of likely N-dealkylation sites (tertiary alicyclic amines) is 1. The molecule has 4 aliphatic rings. The van der Waals surface area contributed by atoms with E-state index in [1.807, 2.05) is 19.9 Å². The van der Waals surface area contributed by atoms with Gasteiger partial charge in [0.1, 0.15) is 18.1 Å². The molecule has 85 heavy (non-hydrogen) atoms. The highest BCUT2D eigenvalue weighted by Gasteiger charge is 2.50. The van der Waals surface area contributed by atoms with Crippen LogP contribution in [0.4, 0.5) is 14.5 Å². The molecule has 0 aliphatic carbocycles. The third kappa shape index (κ3) is 13.7. The number of imide groups is 1. The third-order valence-electron chi connectivity index (χ3n) is 16.3. The van der Waals surface area contributed by atoms with Gasteiger partial charge in [-0.25, -0.2) is 0 Å². The summed E-state index contributed by atoms with van der Waals surface area (Å²) in [7, 11) is -5.90. The number of nitrogens with zero attached hydrogens (tertiary/aromatic N) is 3. The molecule has 22 heteroatoms. The first-order valence-electron chi connectivity index (χ1n) is 28.4. The van der Waals surface area contributed by atoms with Crippen molar-refractivity contribution < 1.29 is 66.3 Å². The number of hydrogen-bond acceptors (Lipinski definition) is 10. The SMILES string of the molecule is CC(C)C[C@H](NC(=O)c1ccc2ccc(C(F)(F)P(=O)(O)O)cc2c1)C(=O)N1c2ccccc2C[C@H]1C(=O)N[C@@H](CCC(N)=O)C(=O)C[C@H](C(=O)N1CCC(CCC#Cc2cccc3c2CN(C2CCC(=O)NC2=O)C3=O)CC1)c1ccccc1. The molecule has 1 unspecified atom stereocenters. The lowest BCUT2D eigenvalue weighted by Crippen LogP contribution is -2.57. The molecule has 19 nitrogen and oxygen atoms in total. The molecule has 5 aromatic rings. The number of hydrogen-bond donors (Lipinski definition) is 6. The number of anilines is 1. The maximum absolute atomic E-state index is 15.0. The average molecular weight is 1180 g/mol. The van der Waals surface area contributed by atoms with Gasteiger partial charge in [0.15, 0.2) is 5.78 Å². The van der Waals surface area contributed by atoms with Gasteiger partial charge >= 0.3 is 13.3 Å². The zero-order valence-electron chi connectivity index (χ0n) is 46.9. The van der Waals surface area contributed by atoms with Gasteiger partial charge in [0, 0.05) is 79.7 Å². The van der Waals surface area contributed by atoms with Gasteiger partial charge in [-0.05, 0) is 114 Å². The highest BCUT2D eigenvalue weighted by atomic mass is 31.2. The van der Waals surface area contributed by atoms with Gasteiger partial charge in [0.25, 0.3) is 11.8 Å². The van der Waals surface area contributed by atoms with Crippen molar-refractivity contribution in [1.82, 2.24) is 25.8 Å². The van der Waals surface area contributed by atoms with E-state index in [-0.39, 0.29) is 92.0 Å². The fourth-order valence-corrected chi connectivity index (χ4v) is 12.2. The summed E-state index contributed by atoms with van der Waals surface area (Å²) in [5.74, 6) is 0.696. The molecule has 2 fully saturated rings. The van der Waals surface area contributed by atoms with Gasteiger partial charge in [0.05, 0.1) is 12.0 Å². The van der Waals surface area contributed by atoms with Crippen molar-refractivity contribution in [3.63, 3.8) is 0 Å². The second-order valence-corrected chi connectivity index (χ2v) is 24.3. The summed E-state index contributed by atoms with van der Waals surface area (Å²) >= 11 is 0. The number of ketones is 1. The minimum absolute atomic E-state index is 0.0106.